The minimum atomic E-state index is 0.983. The van der Waals surface area contributed by atoms with E-state index in [1.807, 2.05) is 6.08 Å². The van der Waals surface area contributed by atoms with Crippen LogP contribution in [0.5, 0.6) is 0 Å². The molecule has 0 bridgehead atoms. The van der Waals surface area contributed by atoms with Gasteiger partial charge in [-0.15, -0.1) is 0 Å². The Kier molecular flexibility index (Phi) is 1.33. The van der Waals surface area contributed by atoms with Gasteiger partial charge in [-0.05, 0) is 18.0 Å². The summed E-state index contributed by atoms with van der Waals surface area (Å²) in [6, 6.07) is 0. The highest BCUT2D eigenvalue weighted by molar-refractivity contribution is 7.98. The smallest absolute Gasteiger partial charge is 0.0427 e. The number of hydrogen-bond donors (Lipinski definition) is 0. The van der Waals surface area contributed by atoms with E-state index in [-0.39, 0.29) is 0 Å². The summed E-state index contributed by atoms with van der Waals surface area (Å²) in [5.74, 6) is 0.983. The van der Waals surface area contributed by atoms with Gasteiger partial charge in [0.2, 0.25) is 0 Å². The zero-order chi connectivity index (χ0) is 4.24. The molecule has 0 aromatic rings. The van der Waals surface area contributed by atoms with Crippen molar-refractivity contribution in [3.05, 3.63) is 12.2 Å². The standard InChI is InChI=1S/C4H4NS/c1-2-4-6-5-3-1/h2-3H,4H2. The first-order valence-corrected chi connectivity index (χ1v) is 2.66. The third-order valence-electron chi connectivity index (χ3n) is 0.477. The Morgan fingerprint density at radius 2 is 2.83 bits per heavy atom. The van der Waals surface area contributed by atoms with Gasteiger partial charge in [-0.3, -0.25) is 0 Å². The summed E-state index contributed by atoms with van der Waals surface area (Å²) < 4.78 is 3.83. The molecule has 1 radical (unpaired) electrons. The van der Waals surface area contributed by atoms with E-state index in [9.17, 15) is 0 Å². The number of rotatable bonds is 0. The van der Waals surface area contributed by atoms with Crippen molar-refractivity contribution in [3.63, 3.8) is 0 Å². The summed E-state index contributed by atoms with van der Waals surface area (Å²) >= 11 is 1.55. The molecule has 2 heteroatoms. The van der Waals surface area contributed by atoms with Crippen LogP contribution in [0.1, 0.15) is 0 Å². The van der Waals surface area contributed by atoms with Gasteiger partial charge < -0.3 is 0 Å². The van der Waals surface area contributed by atoms with E-state index in [1.54, 1.807) is 18.2 Å². The monoisotopic (exact) mass is 98.0 g/mol. The molecule has 0 saturated carbocycles. The van der Waals surface area contributed by atoms with Crippen molar-refractivity contribution in [2.75, 3.05) is 5.75 Å². The van der Waals surface area contributed by atoms with Crippen molar-refractivity contribution >= 4 is 18.2 Å². The van der Waals surface area contributed by atoms with Gasteiger partial charge in [0.1, 0.15) is 0 Å². The lowest BCUT2D eigenvalue weighted by Gasteiger charge is -1.86. The Hall–Kier alpha value is -0.240. The van der Waals surface area contributed by atoms with Crippen molar-refractivity contribution in [2.24, 2.45) is 4.40 Å². The van der Waals surface area contributed by atoms with Gasteiger partial charge in [0.05, 0.1) is 0 Å². The number of nitrogens with zero attached hydrogens (tertiary/aromatic N) is 1. The lowest BCUT2D eigenvalue weighted by Crippen LogP contribution is -1.74. The topological polar surface area (TPSA) is 12.4 Å². The van der Waals surface area contributed by atoms with Crippen LogP contribution in [0.25, 0.3) is 0 Å². The number of hydrogen-bond acceptors (Lipinski definition) is 2. The molecule has 6 heavy (non-hydrogen) atoms. The van der Waals surface area contributed by atoms with Crippen molar-refractivity contribution in [2.45, 2.75) is 0 Å². The first-order chi connectivity index (χ1) is 3.00. The van der Waals surface area contributed by atoms with E-state index in [1.165, 1.54) is 0 Å². The minimum absolute atomic E-state index is 0.983. The van der Waals surface area contributed by atoms with Gasteiger partial charge in [-0.25, -0.2) is 4.40 Å². The third-order valence-corrected chi connectivity index (χ3v) is 1.05. The quantitative estimate of drug-likeness (QED) is 0.413. The van der Waals surface area contributed by atoms with Crippen molar-refractivity contribution in [1.29, 1.82) is 0 Å². The second kappa shape index (κ2) is 2.03. The van der Waals surface area contributed by atoms with E-state index >= 15 is 0 Å². The number of allylic oxidation sites excluding steroid dienone is 1. The van der Waals surface area contributed by atoms with Crippen LogP contribution < -0.4 is 0 Å². The molecule has 1 aliphatic heterocycles. The van der Waals surface area contributed by atoms with Crippen molar-refractivity contribution in [1.82, 2.24) is 0 Å². The normalized spacial score (nSPS) is 18.7. The largest absolute Gasteiger partial charge is 0.224 e. The maximum Gasteiger partial charge on any atom is 0.0427 e. The molecule has 0 saturated heterocycles. The maximum absolute atomic E-state index is 3.83. The molecular formula is C4H4NS. The molecule has 0 unspecified atom stereocenters. The fourth-order valence-electron chi connectivity index (χ4n) is 0.249. The summed E-state index contributed by atoms with van der Waals surface area (Å²) in [5, 5.41) is 0. The van der Waals surface area contributed by atoms with Crippen molar-refractivity contribution < 1.29 is 0 Å². The molecule has 0 N–H and O–H groups in total. The summed E-state index contributed by atoms with van der Waals surface area (Å²) in [7, 11) is 0. The van der Waals surface area contributed by atoms with Crippen LogP contribution in [0.15, 0.2) is 10.5 Å². The second-order valence-corrected chi connectivity index (χ2v) is 1.70. The van der Waals surface area contributed by atoms with Crippen LogP contribution in [0.2, 0.25) is 0 Å². The van der Waals surface area contributed by atoms with Gasteiger partial charge in [0.25, 0.3) is 0 Å². The highest BCUT2D eigenvalue weighted by Crippen LogP contribution is 2.02. The Labute approximate surface area is 41.3 Å². The summed E-state index contributed by atoms with van der Waals surface area (Å²) in [6.45, 7) is 0. The van der Waals surface area contributed by atoms with E-state index in [2.05, 4.69) is 10.5 Å². The molecule has 1 nitrogen and oxygen atoms in total. The highest BCUT2D eigenvalue weighted by atomic mass is 32.2. The molecule has 0 fully saturated rings. The maximum atomic E-state index is 3.83. The van der Waals surface area contributed by atoms with E-state index in [0.717, 1.165) is 5.75 Å². The minimum Gasteiger partial charge on any atom is -0.224 e. The fourth-order valence-corrected chi connectivity index (χ4v) is 0.641. The van der Waals surface area contributed by atoms with Crippen LogP contribution >= 0.6 is 11.9 Å². The van der Waals surface area contributed by atoms with Crippen LogP contribution in [-0.4, -0.2) is 12.0 Å². The summed E-state index contributed by atoms with van der Waals surface area (Å²) in [5.41, 5.74) is 0. The predicted octanol–water partition coefficient (Wildman–Crippen LogP) is 1.08. The Morgan fingerprint density at radius 1 is 1.83 bits per heavy atom. The Bertz CT molecular complexity index is 73.5. The molecule has 0 aliphatic carbocycles. The first kappa shape index (κ1) is 3.93. The Morgan fingerprint density at radius 3 is 3.00 bits per heavy atom. The molecule has 0 amide bonds. The predicted molar refractivity (Wildman–Crippen MR) is 28.8 cm³/mol. The summed E-state index contributed by atoms with van der Waals surface area (Å²) in [4.78, 5) is 0. The molecule has 1 rings (SSSR count). The first-order valence-electron chi connectivity index (χ1n) is 1.72. The highest BCUT2D eigenvalue weighted by Gasteiger charge is 1.79. The van der Waals surface area contributed by atoms with Crippen LogP contribution in [0, 0.1) is 6.08 Å². The zero-order valence-corrected chi connectivity index (χ0v) is 4.03. The molecule has 31 valence electrons. The van der Waals surface area contributed by atoms with Gasteiger partial charge in [0, 0.05) is 12.0 Å². The van der Waals surface area contributed by atoms with Gasteiger partial charge in [-0.2, -0.15) is 0 Å². The van der Waals surface area contributed by atoms with Gasteiger partial charge >= 0.3 is 0 Å². The van der Waals surface area contributed by atoms with Gasteiger partial charge in [0.15, 0.2) is 0 Å². The molecule has 1 heterocycles. The van der Waals surface area contributed by atoms with E-state index in [4.69, 9.17) is 0 Å². The van der Waals surface area contributed by atoms with Crippen LogP contribution in [-0.2, 0) is 0 Å². The molecule has 0 atom stereocenters. The Balaban J connectivity index is 2.46. The van der Waals surface area contributed by atoms with E-state index < -0.39 is 0 Å². The average Bonchev–Trinajstić information content (AvgIpc) is 1.72. The lowest BCUT2D eigenvalue weighted by molar-refractivity contribution is 1.70. The molecule has 1 aliphatic rings. The lowest BCUT2D eigenvalue weighted by atomic mass is 10.6. The van der Waals surface area contributed by atoms with Crippen LogP contribution in [0.3, 0.4) is 0 Å². The molecular weight excluding hydrogens is 94.1 g/mol. The zero-order valence-electron chi connectivity index (χ0n) is 3.22. The van der Waals surface area contributed by atoms with Crippen molar-refractivity contribution in [3.8, 4) is 0 Å². The average molecular weight is 98.1 g/mol. The fraction of sp³-hybridized carbons (Fsp3) is 0.250. The SMILES string of the molecule is [C]1=CCSN=C1. The molecule has 0 aromatic heterocycles. The van der Waals surface area contributed by atoms with Crippen LogP contribution in [0.4, 0.5) is 0 Å². The molecule has 0 spiro atoms. The molecule has 0 aromatic carbocycles. The third kappa shape index (κ3) is 0.863. The van der Waals surface area contributed by atoms with Gasteiger partial charge in [-0.1, -0.05) is 6.08 Å². The van der Waals surface area contributed by atoms with E-state index in [0.29, 0.717) is 0 Å². The summed E-state index contributed by atoms with van der Waals surface area (Å²) in [6.07, 6.45) is 6.48. The second-order valence-electron chi connectivity index (χ2n) is 0.901.